The largest absolute Gasteiger partial charge is 0.497 e. The highest BCUT2D eigenvalue weighted by atomic mass is 35.5. The van der Waals surface area contributed by atoms with Gasteiger partial charge in [0.05, 0.1) is 18.9 Å². The van der Waals surface area contributed by atoms with Gasteiger partial charge >= 0.3 is 0 Å². The molecule has 1 amide bonds. The van der Waals surface area contributed by atoms with Crippen LogP contribution in [0.15, 0.2) is 60.0 Å². The molecule has 0 spiro atoms. The first kappa shape index (κ1) is 17.5. The maximum absolute atomic E-state index is 13.1. The highest BCUT2D eigenvalue weighted by Gasteiger charge is 2.32. The van der Waals surface area contributed by atoms with Crippen molar-refractivity contribution < 1.29 is 17.9 Å². The Bertz CT molecular complexity index is 922. The molecule has 2 aromatic rings. The predicted molar refractivity (Wildman–Crippen MR) is 98.0 cm³/mol. The van der Waals surface area contributed by atoms with Gasteiger partial charge in [0.1, 0.15) is 5.75 Å². The van der Waals surface area contributed by atoms with Crippen molar-refractivity contribution in [3.8, 4) is 5.75 Å². The number of hydrogen-bond donors (Lipinski definition) is 0. The van der Waals surface area contributed by atoms with E-state index in [1.54, 1.807) is 48.5 Å². The zero-order valence-corrected chi connectivity index (χ0v) is 15.0. The van der Waals surface area contributed by atoms with Crippen molar-refractivity contribution in [2.75, 3.05) is 17.8 Å². The number of carbonyl (C=O) groups excluding carboxylic acids is 1. The lowest BCUT2D eigenvalue weighted by molar-refractivity contribution is 0.0983. The summed E-state index contributed by atoms with van der Waals surface area (Å²) < 4.78 is 28.8. The molecular formula is C18H16ClNO4S. The third kappa shape index (κ3) is 3.86. The summed E-state index contributed by atoms with van der Waals surface area (Å²) in [7, 11) is -1.79. The predicted octanol–water partition coefficient (Wildman–Crippen LogP) is 3.31. The number of methoxy groups -OCH3 is 1. The summed E-state index contributed by atoms with van der Waals surface area (Å²) in [5, 5.41) is 1.69. The van der Waals surface area contributed by atoms with Crippen LogP contribution in [0.3, 0.4) is 0 Å². The molecule has 1 atom stereocenters. The second-order valence-electron chi connectivity index (χ2n) is 5.61. The molecule has 0 bridgehead atoms. The van der Waals surface area contributed by atoms with E-state index in [1.165, 1.54) is 18.1 Å². The summed E-state index contributed by atoms with van der Waals surface area (Å²) in [5.41, 5.74) is 0.982. The Kier molecular flexibility index (Phi) is 4.83. The molecule has 7 heteroatoms. The van der Waals surface area contributed by atoms with E-state index < -0.39 is 15.9 Å². The second kappa shape index (κ2) is 6.90. The van der Waals surface area contributed by atoms with Gasteiger partial charge in [-0.05, 0) is 48.5 Å². The molecule has 1 unspecified atom stereocenters. The second-order valence-corrected chi connectivity index (χ2v) is 7.98. The van der Waals surface area contributed by atoms with Gasteiger partial charge in [-0.15, -0.1) is 0 Å². The van der Waals surface area contributed by atoms with Crippen molar-refractivity contribution in [1.29, 1.82) is 0 Å². The van der Waals surface area contributed by atoms with Gasteiger partial charge in [-0.1, -0.05) is 17.7 Å². The van der Waals surface area contributed by atoms with E-state index in [1.807, 2.05) is 0 Å². The molecule has 130 valence electrons. The number of sulfone groups is 1. The molecule has 1 aliphatic heterocycles. The number of hydrogen-bond acceptors (Lipinski definition) is 4. The molecule has 0 fully saturated rings. The zero-order chi connectivity index (χ0) is 18.0. The highest BCUT2D eigenvalue weighted by Crippen LogP contribution is 2.27. The summed E-state index contributed by atoms with van der Waals surface area (Å²) in [6, 6.07) is 12.9. The smallest absolute Gasteiger partial charge is 0.258 e. The Morgan fingerprint density at radius 3 is 2.52 bits per heavy atom. The number of rotatable bonds is 4. The Hall–Kier alpha value is -2.31. The Morgan fingerprint density at radius 2 is 1.92 bits per heavy atom. The number of carbonyl (C=O) groups is 1. The number of halogens is 1. The number of amides is 1. The first-order valence-electron chi connectivity index (χ1n) is 7.54. The van der Waals surface area contributed by atoms with E-state index >= 15 is 0 Å². The molecule has 1 heterocycles. The minimum absolute atomic E-state index is 0.147. The van der Waals surface area contributed by atoms with E-state index in [0.29, 0.717) is 22.0 Å². The summed E-state index contributed by atoms with van der Waals surface area (Å²) >= 11 is 5.93. The van der Waals surface area contributed by atoms with Crippen LogP contribution in [0.5, 0.6) is 5.75 Å². The minimum atomic E-state index is -3.31. The van der Waals surface area contributed by atoms with Gasteiger partial charge in [0.25, 0.3) is 5.91 Å². The zero-order valence-electron chi connectivity index (χ0n) is 13.4. The monoisotopic (exact) mass is 377 g/mol. The third-order valence-corrected chi connectivity index (χ3v) is 5.51. The van der Waals surface area contributed by atoms with Crippen molar-refractivity contribution in [2.24, 2.45) is 0 Å². The van der Waals surface area contributed by atoms with Crippen molar-refractivity contribution in [3.05, 3.63) is 70.6 Å². The number of ether oxygens (including phenoxy) is 1. The first-order valence-corrected chi connectivity index (χ1v) is 9.63. The van der Waals surface area contributed by atoms with E-state index in [-0.39, 0.29) is 11.7 Å². The number of benzene rings is 2. The molecule has 1 aliphatic rings. The summed E-state index contributed by atoms with van der Waals surface area (Å²) in [4.78, 5) is 14.6. The van der Waals surface area contributed by atoms with Crippen LogP contribution in [0.4, 0.5) is 5.69 Å². The maximum Gasteiger partial charge on any atom is 0.258 e. The van der Waals surface area contributed by atoms with Crippen LogP contribution in [0.2, 0.25) is 5.02 Å². The van der Waals surface area contributed by atoms with Crippen molar-refractivity contribution >= 4 is 33.0 Å². The topological polar surface area (TPSA) is 63.7 Å². The molecule has 5 nitrogen and oxygen atoms in total. The molecule has 0 saturated heterocycles. The first-order chi connectivity index (χ1) is 11.9. The molecule has 0 aromatic heterocycles. The lowest BCUT2D eigenvalue weighted by atomic mass is 10.1. The van der Waals surface area contributed by atoms with E-state index in [2.05, 4.69) is 0 Å². The van der Waals surface area contributed by atoms with Crippen LogP contribution >= 0.6 is 11.6 Å². The average molecular weight is 378 g/mol. The summed E-state index contributed by atoms with van der Waals surface area (Å²) in [6.07, 6.45) is 1.53. The van der Waals surface area contributed by atoms with Gasteiger partial charge in [-0.3, -0.25) is 4.79 Å². The van der Waals surface area contributed by atoms with Gasteiger partial charge in [-0.2, -0.15) is 0 Å². The van der Waals surface area contributed by atoms with Crippen LogP contribution in [0, 0.1) is 0 Å². The van der Waals surface area contributed by atoms with Crippen LogP contribution in [-0.2, 0) is 9.84 Å². The maximum atomic E-state index is 13.1. The normalized spacial score (nSPS) is 18.1. The fourth-order valence-electron chi connectivity index (χ4n) is 2.68. The molecule has 0 saturated carbocycles. The molecule has 0 N–H and O–H groups in total. The molecule has 2 aromatic carbocycles. The van der Waals surface area contributed by atoms with Crippen LogP contribution < -0.4 is 9.64 Å². The fourth-order valence-corrected chi connectivity index (χ4v) is 4.07. The Morgan fingerprint density at radius 1 is 1.20 bits per heavy atom. The van der Waals surface area contributed by atoms with Crippen molar-refractivity contribution in [2.45, 2.75) is 6.04 Å². The molecule has 25 heavy (non-hydrogen) atoms. The number of anilines is 1. The molecule has 0 radical (unpaired) electrons. The number of nitrogens with zero attached hydrogens (tertiary/aromatic N) is 1. The SMILES string of the molecule is COc1cccc(C(=O)N(c2ccc(Cl)cc2)C2C=CS(=O)(=O)C2)c1. The highest BCUT2D eigenvalue weighted by molar-refractivity contribution is 7.94. The lowest BCUT2D eigenvalue weighted by Gasteiger charge is -2.28. The van der Waals surface area contributed by atoms with Crippen molar-refractivity contribution in [1.82, 2.24) is 0 Å². The van der Waals surface area contributed by atoms with E-state index in [4.69, 9.17) is 16.3 Å². The van der Waals surface area contributed by atoms with Gasteiger partial charge < -0.3 is 9.64 Å². The summed E-state index contributed by atoms with van der Waals surface area (Å²) in [5.74, 6) is 0.0928. The van der Waals surface area contributed by atoms with Gasteiger partial charge in [0, 0.05) is 21.7 Å². The van der Waals surface area contributed by atoms with Crippen LogP contribution in [-0.4, -0.2) is 33.2 Å². The third-order valence-electron chi connectivity index (χ3n) is 3.88. The van der Waals surface area contributed by atoms with Gasteiger partial charge in [0.2, 0.25) is 0 Å². The van der Waals surface area contributed by atoms with E-state index in [0.717, 1.165) is 5.41 Å². The van der Waals surface area contributed by atoms with Crippen LogP contribution in [0.25, 0.3) is 0 Å². The van der Waals surface area contributed by atoms with Crippen molar-refractivity contribution in [3.63, 3.8) is 0 Å². The van der Waals surface area contributed by atoms with E-state index in [9.17, 15) is 13.2 Å². The lowest BCUT2D eigenvalue weighted by Crippen LogP contribution is -2.41. The van der Waals surface area contributed by atoms with Gasteiger partial charge in [-0.25, -0.2) is 8.42 Å². The molecule has 0 aliphatic carbocycles. The Balaban J connectivity index is 2.02. The van der Waals surface area contributed by atoms with Crippen LogP contribution in [0.1, 0.15) is 10.4 Å². The van der Waals surface area contributed by atoms with Gasteiger partial charge in [0.15, 0.2) is 9.84 Å². The molecular weight excluding hydrogens is 362 g/mol. The average Bonchev–Trinajstić information content (AvgIpc) is 2.96. The standard InChI is InChI=1S/C18H16ClNO4S/c1-24-17-4-2-3-13(11-17)18(21)20(15-7-5-14(19)6-8-15)16-9-10-25(22,23)12-16/h2-11,16H,12H2,1H3. The fraction of sp³-hybridized carbons (Fsp3) is 0.167. The quantitative estimate of drug-likeness (QED) is 0.820. The Labute approximate surface area is 151 Å². The minimum Gasteiger partial charge on any atom is -0.497 e. The summed E-state index contributed by atoms with van der Waals surface area (Å²) in [6.45, 7) is 0. The molecule has 3 rings (SSSR count).